The minimum absolute atomic E-state index is 0. The SMILES string of the molecule is Cl.Cl.c1ccc2c(c1)ccn2CCCCN1CCN2CCCCC2C1. The maximum atomic E-state index is 2.73. The molecule has 0 radical (unpaired) electrons. The lowest BCUT2D eigenvalue weighted by atomic mass is 9.99. The number of piperazine rings is 1. The molecule has 25 heavy (non-hydrogen) atoms. The number of para-hydroxylation sites is 1. The zero-order chi connectivity index (χ0) is 15.5. The van der Waals surface area contributed by atoms with Gasteiger partial charge in [-0.1, -0.05) is 24.6 Å². The van der Waals surface area contributed by atoms with Crippen LogP contribution in [0.5, 0.6) is 0 Å². The van der Waals surface area contributed by atoms with E-state index < -0.39 is 0 Å². The van der Waals surface area contributed by atoms with Crippen molar-refractivity contribution in [3.63, 3.8) is 0 Å². The number of rotatable bonds is 5. The van der Waals surface area contributed by atoms with Crippen LogP contribution in [0.15, 0.2) is 36.5 Å². The molecule has 2 aliphatic rings. The summed E-state index contributed by atoms with van der Waals surface area (Å²) in [5.74, 6) is 0. The molecule has 3 nitrogen and oxygen atoms in total. The Morgan fingerprint density at radius 2 is 1.72 bits per heavy atom. The van der Waals surface area contributed by atoms with Gasteiger partial charge in [0.1, 0.15) is 0 Å². The zero-order valence-electron chi connectivity index (χ0n) is 15.0. The number of aromatic nitrogens is 1. The van der Waals surface area contributed by atoms with E-state index in [0.29, 0.717) is 0 Å². The highest BCUT2D eigenvalue weighted by molar-refractivity contribution is 5.85. The fraction of sp³-hybridized carbons (Fsp3) is 0.600. The number of hydrogen-bond acceptors (Lipinski definition) is 2. The van der Waals surface area contributed by atoms with E-state index in [9.17, 15) is 0 Å². The minimum Gasteiger partial charge on any atom is -0.347 e. The monoisotopic (exact) mass is 383 g/mol. The molecule has 2 aromatic rings. The third kappa shape index (κ3) is 4.91. The van der Waals surface area contributed by atoms with Crippen molar-refractivity contribution in [2.24, 2.45) is 0 Å². The van der Waals surface area contributed by atoms with E-state index in [2.05, 4.69) is 50.9 Å². The van der Waals surface area contributed by atoms with Crippen LogP contribution in [0.3, 0.4) is 0 Å². The summed E-state index contributed by atoms with van der Waals surface area (Å²) in [6.07, 6.45) is 9.12. The van der Waals surface area contributed by atoms with Gasteiger partial charge in [-0.05, 0) is 56.3 Å². The molecule has 0 bridgehead atoms. The van der Waals surface area contributed by atoms with Crippen molar-refractivity contribution in [2.45, 2.75) is 44.7 Å². The van der Waals surface area contributed by atoms with Gasteiger partial charge >= 0.3 is 0 Å². The number of unbranched alkanes of at least 4 members (excludes halogenated alkanes) is 1. The summed E-state index contributed by atoms with van der Waals surface area (Å²) < 4.78 is 2.41. The van der Waals surface area contributed by atoms with E-state index in [4.69, 9.17) is 0 Å². The molecule has 1 aromatic carbocycles. The van der Waals surface area contributed by atoms with Crippen LogP contribution in [0.25, 0.3) is 10.9 Å². The molecule has 2 aliphatic heterocycles. The van der Waals surface area contributed by atoms with Crippen molar-refractivity contribution in [1.82, 2.24) is 14.4 Å². The van der Waals surface area contributed by atoms with Gasteiger partial charge < -0.3 is 9.47 Å². The van der Waals surface area contributed by atoms with Crippen LogP contribution < -0.4 is 0 Å². The predicted octanol–water partition coefficient (Wildman–Crippen LogP) is 4.44. The Bertz CT molecular complexity index is 643. The number of benzene rings is 1. The second-order valence-corrected chi connectivity index (χ2v) is 7.26. The third-order valence-corrected chi connectivity index (χ3v) is 5.73. The van der Waals surface area contributed by atoms with E-state index in [0.717, 1.165) is 12.6 Å². The Balaban J connectivity index is 0.00000113. The summed E-state index contributed by atoms with van der Waals surface area (Å²) in [5, 5.41) is 1.36. The first-order valence-electron chi connectivity index (χ1n) is 9.40. The predicted molar refractivity (Wildman–Crippen MR) is 111 cm³/mol. The Morgan fingerprint density at radius 1 is 0.880 bits per heavy atom. The molecule has 0 N–H and O–H groups in total. The molecule has 4 rings (SSSR count). The Morgan fingerprint density at radius 3 is 2.64 bits per heavy atom. The highest BCUT2D eigenvalue weighted by Crippen LogP contribution is 2.21. The molecule has 1 unspecified atom stereocenters. The quantitative estimate of drug-likeness (QED) is 0.707. The molecular formula is C20H31Cl2N3. The zero-order valence-corrected chi connectivity index (χ0v) is 16.6. The highest BCUT2D eigenvalue weighted by atomic mass is 35.5. The largest absolute Gasteiger partial charge is 0.347 e. The standard InChI is InChI=1S/C20H29N3.2ClH/c1-2-9-20-18(7-1)10-14-23(20)13-6-5-11-21-15-16-22-12-4-3-8-19(22)17-21;;/h1-2,7,9-10,14,19H,3-6,8,11-13,15-17H2;2*1H. The number of nitrogens with zero attached hydrogens (tertiary/aromatic N) is 3. The molecule has 0 aliphatic carbocycles. The topological polar surface area (TPSA) is 11.4 Å². The lowest BCUT2D eigenvalue weighted by Gasteiger charge is -2.44. The van der Waals surface area contributed by atoms with Gasteiger partial charge in [-0.15, -0.1) is 24.8 Å². The van der Waals surface area contributed by atoms with Gasteiger partial charge in [-0.25, -0.2) is 0 Å². The van der Waals surface area contributed by atoms with Crippen molar-refractivity contribution < 1.29 is 0 Å². The van der Waals surface area contributed by atoms with Crippen molar-refractivity contribution in [3.05, 3.63) is 36.5 Å². The van der Waals surface area contributed by atoms with Crippen molar-refractivity contribution in [3.8, 4) is 0 Å². The molecule has 5 heteroatoms. The van der Waals surface area contributed by atoms with Crippen LogP contribution >= 0.6 is 24.8 Å². The van der Waals surface area contributed by atoms with Crippen LogP contribution in [-0.4, -0.2) is 53.1 Å². The number of aryl methyl sites for hydroxylation is 1. The first-order valence-corrected chi connectivity index (χ1v) is 9.40. The van der Waals surface area contributed by atoms with E-state index in [1.54, 1.807) is 0 Å². The first-order chi connectivity index (χ1) is 11.4. The van der Waals surface area contributed by atoms with Gasteiger partial charge in [0, 0.05) is 43.9 Å². The summed E-state index contributed by atoms with van der Waals surface area (Å²) in [5.41, 5.74) is 1.38. The summed E-state index contributed by atoms with van der Waals surface area (Å²) in [6.45, 7) is 7.67. The molecule has 2 fully saturated rings. The van der Waals surface area contributed by atoms with E-state index in [1.807, 2.05) is 0 Å². The molecule has 1 atom stereocenters. The van der Waals surface area contributed by atoms with Gasteiger partial charge in [-0.3, -0.25) is 4.90 Å². The second-order valence-electron chi connectivity index (χ2n) is 7.26. The third-order valence-electron chi connectivity index (χ3n) is 5.73. The van der Waals surface area contributed by atoms with Gasteiger partial charge in [-0.2, -0.15) is 0 Å². The summed E-state index contributed by atoms with van der Waals surface area (Å²) >= 11 is 0. The highest BCUT2D eigenvalue weighted by Gasteiger charge is 2.28. The number of fused-ring (bicyclic) bond motifs is 2. The van der Waals surface area contributed by atoms with Crippen LogP contribution in [0.1, 0.15) is 32.1 Å². The Labute approximate surface area is 164 Å². The van der Waals surface area contributed by atoms with Gasteiger partial charge in [0.05, 0.1) is 0 Å². The fourth-order valence-corrected chi connectivity index (χ4v) is 4.38. The maximum absolute atomic E-state index is 2.73. The van der Waals surface area contributed by atoms with E-state index >= 15 is 0 Å². The Kier molecular flexibility index (Phi) is 8.08. The molecule has 3 heterocycles. The Hall–Kier alpha value is -0.740. The van der Waals surface area contributed by atoms with Crippen LogP contribution in [0, 0.1) is 0 Å². The summed E-state index contributed by atoms with van der Waals surface area (Å²) in [7, 11) is 0. The molecule has 140 valence electrons. The van der Waals surface area contributed by atoms with Crippen LogP contribution in [0.4, 0.5) is 0 Å². The molecular weight excluding hydrogens is 353 g/mol. The normalized spacial score (nSPS) is 21.4. The number of halogens is 2. The lowest BCUT2D eigenvalue weighted by Crippen LogP contribution is -2.54. The molecule has 2 saturated heterocycles. The summed E-state index contributed by atoms with van der Waals surface area (Å²) in [6, 6.07) is 11.8. The smallest absolute Gasteiger partial charge is 0.0480 e. The van der Waals surface area contributed by atoms with Crippen molar-refractivity contribution >= 4 is 35.7 Å². The molecule has 0 saturated carbocycles. The number of piperidine rings is 1. The van der Waals surface area contributed by atoms with Crippen LogP contribution in [-0.2, 0) is 6.54 Å². The fourth-order valence-electron chi connectivity index (χ4n) is 4.38. The molecule has 1 aromatic heterocycles. The summed E-state index contributed by atoms with van der Waals surface area (Å²) in [4.78, 5) is 5.44. The van der Waals surface area contributed by atoms with E-state index in [1.165, 1.54) is 75.7 Å². The first kappa shape index (κ1) is 20.6. The van der Waals surface area contributed by atoms with E-state index in [-0.39, 0.29) is 24.8 Å². The van der Waals surface area contributed by atoms with Gasteiger partial charge in [0.25, 0.3) is 0 Å². The van der Waals surface area contributed by atoms with Crippen LogP contribution in [0.2, 0.25) is 0 Å². The lowest BCUT2D eigenvalue weighted by molar-refractivity contribution is 0.0486. The average molecular weight is 384 g/mol. The maximum Gasteiger partial charge on any atom is 0.0480 e. The van der Waals surface area contributed by atoms with Gasteiger partial charge in [0.15, 0.2) is 0 Å². The van der Waals surface area contributed by atoms with Crippen molar-refractivity contribution in [1.29, 1.82) is 0 Å². The van der Waals surface area contributed by atoms with Gasteiger partial charge in [0.2, 0.25) is 0 Å². The average Bonchev–Trinajstić information content (AvgIpc) is 3.02. The van der Waals surface area contributed by atoms with Crippen molar-refractivity contribution in [2.75, 3.05) is 32.7 Å². The number of hydrogen-bond donors (Lipinski definition) is 0. The second kappa shape index (κ2) is 9.82. The molecule has 0 spiro atoms. The molecule has 0 amide bonds. The minimum atomic E-state index is 0.